The number of carbonyl (C=O) groups is 2. The lowest BCUT2D eigenvalue weighted by molar-refractivity contribution is 0.0948. The number of benzene rings is 2. The smallest absolute Gasteiger partial charge is 0.255 e. The van der Waals surface area contributed by atoms with Gasteiger partial charge in [-0.05, 0) is 54.4 Å². The van der Waals surface area contributed by atoms with E-state index in [-0.39, 0.29) is 11.8 Å². The van der Waals surface area contributed by atoms with Crippen molar-refractivity contribution in [2.45, 2.75) is 19.9 Å². The lowest BCUT2D eigenvalue weighted by atomic mass is 10.1. The van der Waals surface area contributed by atoms with Crippen molar-refractivity contribution in [1.82, 2.24) is 5.32 Å². The van der Waals surface area contributed by atoms with Crippen LogP contribution in [0.1, 0.15) is 39.0 Å². The van der Waals surface area contributed by atoms with E-state index >= 15 is 0 Å². The molecule has 2 N–H and O–H groups in total. The van der Waals surface area contributed by atoms with Gasteiger partial charge in [-0.25, -0.2) is 0 Å². The van der Waals surface area contributed by atoms with Crippen LogP contribution in [0.25, 0.3) is 0 Å². The fraction of sp³-hybridized carbons (Fsp3) is 0.143. The molecule has 0 unspecified atom stereocenters. The lowest BCUT2D eigenvalue weighted by Gasteiger charge is -2.08. The minimum absolute atomic E-state index is 0.255. The van der Waals surface area contributed by atoms with Gasteiger partial charge in [-0.1, -0.05) is 25.1 Å². The zero-order chi connectivity index (χ0) is 18.4. The summed E-state index contributed by atoms with van der Waals surface area (Å²) in [5.74, 6) is 0.154. The molecule has 0 atom stereocenters. The van der Waals surface area contributed by atoms with Crippen LogP contribution in [0.5, 0.6) is 0 Å². The van der Waals surface area contributed by atoms with Crippen LogP contribution < -0.4 is 10.6 Å². The van der Waals surface area contributed by atoms with Gasteiger partial charge in [-0.2, -0.15) is 0 Å². The van der Waals surface area contributed by atoms with Crippen molar-refractivity contribution >= 4 is 17.5 Å². The summed E-state index contributed by atoms with van der Waals surface area (Å²) in [6, 6.07) is 17.9. The number of aryl methyl sites for hydroxylation is 1. The molecule has 5 heteroatoms. The molecule has 0 aliphatic rings. The van der Waals surface area contributed by atoms with Crippen LogP contribution in [-0.4, -0.2) is 11.8 Å². The Labute approximate surface area is 152 Å². The van der Waals surface area contributed by atoms with Crippen molar-refractivity contribution in [2.24, 2.45) is 0 Å². The summed E-state index contributed by atoms with van der Waals surface area (Å²) in [6.07, 6.45) is 2.50. The number of hydrogen-bond acceptors (Lipinski definition) is 3. The molecule has 0 saturated carbocycles. The Morgan fingerprint density at radius 1 is 0.923 bits per heavy atom. The van der Waals surface area contributed by atoms with Crippen LogP contribution in [0, 0.1) is 0 Å². The third kappa shape index (κ3) is 4.39. The number of furan rings is 1. The van der Waals surface area contributed by atoms with E-state index in [0.29, 0.717) is 23.4 Å². The number of rotatable bonds is 6. The summed E-state index contributed by atoms with van der Waals surface area (Å²) in [7, 11) is 0. The Morgan fingerprint density at radius 3 is 2.31 bits per heavy atom. The molecule has 0 spiro atoms. The van der Waals surface area contributed by atoms with Gasteiger partial charge in [-0.15, -0.1) is 0 Å². The number of nitrogens with one attached hydrogen (secondary N) is 2. The highest BCUT2D eigenvalue weighted by atomic mass is 16.3. The molecular formula is C21H20N2O3. The summed E-state index contributed by atoms with van der Waals surface area (Å²) in [5, 5.41) is 5.61. The van der Waals surface area contributed by atoms with Crippen molar-refractivity contribution in [3.8, 4) is 0 Å². The number of amides is 2. The van der Waals surface area contributed by atoms with Crippen molar-refractivity contribution < 1.29 is 14.0 Å². The Bertz CT molecular complexity index is 884. The summed E-state index contributed by atoms with van der Waals surface area (Å²) in [6.45, 7) is 2.38. The van der Waals surface area contributed by atoms with Crippen molar-refractivity contribution in [1.29, 1.82) is 0 Å². The van der Waals surface area contributed by atoms with Crippen molar-refractivity contribution in [3.05, 3.63) is 89.4 Å². The molecule has 3 rings (SSSR count). The number of anilines is 1. The van der Waals surface area contributed by atoms with Gasteiger partial charge in [0.1, 0.15) is 5.76 Å². The van der Waals surface area contributed by atoms with Gasteiger partial charge in [0.15, 0.2) is 0 Å². The quantitative estimate of drug-likeness (QED) is 0.707. The third-order valence-electron chi connectivity index (χ3n) is 4.01. The van der Waals surface area contributed by atoms with Gasteiger partial charge in [0.05, 0.1) is 12.8 Å². The summed E-state index contributed by atoms with van der Waals surface area (Å²) < 4.78 is 5.19. The maximum absolute atomic E-state index is 12.4. The SMILES string of the molecule is CCc1ccc(NC(=O)c2cccc(C(=O)NCc3ccco3)c2)cc1. The van der Waals surface area contributed by atoms with Gasteiger partial charge in [0, 0.05) is 16.8 Å². The standard InChI is InChI=1S/C21H20N2O3/c1-2-15-8-10-18(11-9-15)23-21(25)17-6-3-5-16(13-17)20(24)22-14-19-7-4-12-26-19/h3-13H,2,14H2,1H3,(H,22,24)(H,23,25). The second-order valence-electron chi connectivity index (χ2n) is 5.85. The van der Waals surface area contributed by atoms with E-state index in [9.17, 15) is 9.59 Å². The molecule has 5 nitrogen and oxygen atoms in total. The zero-order valence-corrected chi connectivity index (χ0v) is 14.5. The van der Waals surface area contributed by atoms with Crippen LogP contribution in [-0.2, 0) is 13.0 Å². The van der Waals surface area contributed by atoms with E-state index in [1.165, 1.54) is 5.56 Å². The maximum Gasteiger partial charge on any atom is 0.255 e. The van der Waals surface area contributed by atoms with E-state index in [0.717, 1.165) is 12.1 Å². The van der Waals surface area contributed by atoms with Crippen LogP contribution in [0.2, 0.25) is 0 Å². The predicted octanol–water partition coefficient (Wildman–Crippen LogP) is 4.02. The lowest BCUT2D eigenvalue weighted by Crippen LogP contribution is -2.23. The Morgan fingerprint density at radius 2 is 1.65 bits per heavy atom. The summed E-state index contributed by atoms with van der Waals surface area (Å²) in [4.78, 5) is 24.7. The van der Waals surface area contributed by atoms with Gasteiger partial charge in [-0.3, -0.25) is 9.59 Å². The second-order valence-corrected chi connectivity index (χ2v) is 5.85. The molecule has 2 amide bonds. The van der Waals surface area contributed by atoms with Crippen LogP contribution >= 0.6 is 0 Å². The average Bonchev–Trinajstić information content (AvgIpc) is 3.20. The zero-order valence-electron chi connectivity index (χ0n) is 14.5. The molecule has 0 aliphatic heterocycles. The fourth-order valence-electron chi connectivity index (χ4n) is 2.51. The van der Waals surface area contributed by atoms with E-state index in [1.807, 2.05) is 24.3 Å². The number of hydrogen-bond donors (Lipinski definition) is 2. The monoisotopic (exact) mass is 348 g/mol. The van der Waals surface area contributed by atoms with Crippen molar-refractivity contribution in [2.75, 3.05) is 5.32 Å². The largest absolute Gasteiger partial charge is 0.467 e. The van der Waals surface area contributed by atoms with Crippen LogP contribution in [0.3, 0.4) is 0 Å². The Balaban J connectivity index is 1.65. The number of carbonyl (C=O) groups excluding carboxylic acids is 2. The molecule has 2 aromatic carbocycles. The minimum atomic E-state index is -0.261. The Kier molecular flexibility index (Phi) is 5.49. The highest BCUT2D eigenvalue weighted by Crippen LogP contribution is 2.13. The summed E-state index contributed by atoms with van der Waals surface area (Å²) >= 11 is 0. The topological polar surface area (TPSA) is 71.3 Å². The highest BCUT2D eigenvalue weighted by molar-refractivity contribution is 6.06. The predicted molar refractivity (Wildman–Crippen MR) is 100 cm³/mol. The molecule has 0 fully saturated rings. The van der Waals surface area contributed by atoms with Crippen LogP contribution in [0.15, 0.2) is 71.3 Å². The first kappa shape index (κ1) is 17.5. The van der Waals surface area contributed by atoms with E-state index in [1.54, 1.807) is 42.7 Å². The second kappa shape index (κ2) is 8.16. The first-order chi connectivity index (χ1) is 12.7. The minimum Gasteiger partial charge on any atom is -0.467 e. The van der Waals surface area contributed by atoms with Gasteiger partial charge >= 0.3 is 0 Å². The molecule has 132 valence electrons. The average molecular weight is 348 g/mol. The van der Waals surface area contributed by atoms with Crippen LogP contribution in [0.4, 0.5) is 5.69 Å². The first-order valence-electron chi connectivity index (χ1n) is 8.46. The highest BCUT2D eigenvalue weighted by Gasteiger charge is 2.11. The van der Waals surface area contributed by atoms with Gasteiger partial charge in [0.25, 0.3) is 11.8 Å². The maximum atomic E-state index is 12.4. The van der Waals surface area contributed by atoms with Gasteiger partial charge < -0.3 is 15.1 Å². The molecular weight excluding hydrogens is 328 g/mol. The molecule has 1 aromatic heterocycles. The fourth-order valence-corrected chi connectivity index (χ4v) is 2.51. The third-order valence-corrected chi connectivity index (χ3v) is 4.01. The van der Waals surface area contributed by atoms with Gasteiger partial charge in [0.2, 0.25) is 0 Å². The Hall–Kier alpha value is -3.34. The first-order valence-corrected chi connectivity index (χ1v) is 8.46. The molecule has 0 saturated heterocycles. The van der Waals surface area contributed by atoms with E-state index in [4.69, 9.17) is 4.42 Å². The molecule has 3 aromatic rings. The molecule has 26 heavy (non-hydrogen) atoms. The van der Waals surface area contributed by atoms with E-state index in [2.05, 4.69) is 17.6 Å². The molecule has 0 aliphatic carbocycles. The normalized spacial score (nSPS) is 10.3. The molecule has 0 bridgehead atoms. The molecule has 1 heterocycles. The molecule has 0 radical (unpaired) electrons. The van der Waals surface area contributed by atoms with Crippen molar-refractivity contribution in [3.63, 3.8) is 0 Å². The van der Waals surface area contributed by atoms with E-state index < -0.39 is 0 Å². The summed E-state index contributed by atoms with van der Waals surface area (Å²) in [5.41, 5.74) is 2.78.